The molecule has 1 aliphatic rings. The van der Waals surface area contributed by atoms with E-state index in [1.54, 1.807) is 25.3 Å². The van der Waals surface area contributed by atoms with Gasteiger partial charge in [0.2, 0.25) is 5.95 Å². The van der Waals surface area contributed by atoms with Crippen molar-refractivity contribution in [2.45, 2.75) is 30.7 Å². The molecule has 0 bridgehead atoms. The zero-order valence-corrected chi connectivity index (χ0v) is 24.8. The fraction of sp³-hybridized carbons (Fsp3) is 0.143. The zero-order chi connectivity index (χ0) is 29.6. The Kier molecular flexibility index (Phi) is 7.56. The predicted octanol–water partition coefficient (Wildman–Crippen LogP) is 7.60. The monoisotopic (exact) mass is 644 g/mol. The minimum absolute atomic E-state index is 0.00573. The number of anilines is 2. The molecule has 8 nitrogen and oxygen atoms in total. The minimum Gasteiger partial charge on any atom is -0.351 e. The van der Waals surface area contributed by atoms with Crippen LogP contribution in [0.25, 0.3) is 32.4 Å². The second-order valence-electron chi connectivity index (χ2n) is 9.55. The molecule has 3 aromatic heterocycles. The number of aryl methyl sites for hydroxylation is 1. The van der Waals surface area contributed by atoms with E-state index >= 15 is 4.39 Å². The lowest BCUT2D eigenvalue weighted by atomic mass is 10.1. The number of hydrogen-bond acceptors (Lipinski definition) is 8. The molecule has 6 rings (SSSR count). The molecule has 2 N–H and O–H groups in total. The van der Waals surface area contributed by atoms with Gasteiger partial charge in [0.15, 0.2) is 5.82 Å². The number of nitrogens with zero attached hydrogens (tertiary/aromatic N) is 4. The summed E-state index contributed by atoms with van der Waals surface area (Å²) in [5.41, 5.74) is 1.17. The molecule has 1 aliphatic carbocycles. The van der Waals surface area contributed by atoms with Crippen LogP contribution in [-0.2, 0) is 10.0 Å². The maximum absolute atomic E-state index is 16.2. The van der Waals surface area contributed by atoms with Gasteiger partial charge in [-0.25, -0.2) is 32.2 Å². The van der Waals surface area contributed by atoms with Gasteiger partial charge in [0.1, 0.15) is 15.7 Å². The number of thiazole rings is 1. The lowest BCUT2D eigenvalue weighted by molar-refractivity contribution is 0.599. The van der Waals surface area contributed by atoms with E-state index in [0.717, 1.165) is 19.0 Å². The number of halogens is 4. The Morgan fingerprint density at radius 3 is 2.62 bits per heavy atom. The van der Waals surface area contributed by atoms with Gasteiger partial charge in [-0.2, -0.15) is 0 Å². The van der Waals surface area contributed by atoms with Crippen molar-refractivity contribution in [2.75, 3.05) is 10.0 Å². The first-order chi connectivity index (χ1) is 20.1. The fourth-order valence-electron chi connectivity index (χ4n) is 4.16. The summed E-state index contributed by atoms with van der Waals surface area (Å²) in [7, 11) is -4.39. The largest absolute Gasteiger partial charge is 0.351 e. The molecule has 2 aromatic carbocycles. The van der Waals surface area contributed by atoms with Crippen LogP contribution >= 0.6 is 34.5 Å². The Morgan fingerprint density at radius 2 is 1.86 bits per heavy atom. The van der Waals surface area contributed by atoms with Crippen molar-refractivity contribution in [2.24, 2.45) is 0 Å². The summed E-state index contributed by atoms with van der Waals surface area (Å²) in [4.78, 5) is 17.5. The van der Waals surface area contributed by atoms with Gasteiger partial charge in [0.25, 0.3) is 10.0 Å². The lowest BCUT2D eigenvalue weighted by Crippen LogP contribution is -2.15. The third kappa shape index (κ3) is 5.67. The molecule has 42 heavy (non-hydrogen) atoms. The third-order valence-corrected chi connectivity index (χ3v) is 9.99. The molecule has 0 aliphatic heterocycles. The van der Waals surface area contributed by atoms with E-state index in [1.807, 2.05) is 0 Å². The van der Waals surface area contributed by atoms with Gasteiger partial charge in [0.05, 0.1) is 38.2 Å². The molecule has 5 aromatic rings. The van der Waals surface area contributed by atoms with Crippen molar-refractivity contribution in [1.82, 2.24) is 19.9 Å². The zero-order valence-electron chi connectivity index (χ0n) is 21.7. The molecule has 1 saturated carbocycles. The summed E-state index contributed by atoms with van der Waals surface area (Å²) >= 11 is 13.6. The Balaban J connectivity index is 1.46. The van der Waals surface area contributed by atoms with Gasteiger partial charge < -0.3 is 5.32 Å². The van der Waals surface area contributed by atoms with Crippen LogP contribution in [0.5, 0.6) is 0 Å². The molecule has 0 radical (unpaired) electrons. The number of benzene rings is 2. The summed E-state index contributed by atoms with van der Waals surface area (Å²) in [5.74, 6) is -1.03. The van der Waals surface area contributed by atoms with Crippen LogP contribution in [-0.4, -0.2) is 34.4 Å². The number of sulfonamides is 1. The highest BCUT2D eigenvalue weighted by Gasteiger charge is 2.27. The van der Waals surface area contributed by atoms with Crippen LogP contribution in [0.1, 0.15) is 18.4 Å². The fourth-order valence-corrected chi connectivity index (χ4v) is 7.44. The summed E-state index contributed by atoms with van der Waals surface area (Å²) in [6.07, 6.45) is 6.13. The summed E-state index contributed by atoms with van der Waals surface area (Å²) in [6.45, 7) is 1.63. The van der Waals surface area contributed by atoms with Crippen LogP contribution in [0.15, 0.2) is 66.0 Å². The Hall–Kier alpha value is -3.71. The number of pyridine rings is 1. The highest BCUT2D eigenvalue weighted by Crippen LogP contribution is 2.42. The average Bonchev–Trinajstić information content (AvgIpc) is 3.66. The van der Waals surface area contributed by atoms with Gasteiger partial charge in [-0.3, -0.25) is 9.71 Å². The first-order valence-electron chi connectivity index (χ1n) is 12.6. The number of hydrogen-bond donors (Lipinski definition) is 2. The second-order valence-corrected chi connectivity index (χ2v) is 13.0. The first kappa shape index (κ1) is 28.4. The summed E-state index contributed by atoms with van der Waals surface area (Å²) < 4.78 is 59.1. The maximum atomic E-state index is 16.2. The van der Waals surface area contributed by atoms with Crippen molar-refractivity contribution < 1.29 is 17.2 Å². The Morgan fingerprint density at radius 1 is 1.05 bits per heavy atom. The van der Waals surface area contributed by atoms with Crippen molar-refractivity contribution in [3.05, 3.63) is 88.3 Å². The molecule has 14 heteroatoms. The molecule has 0 spiro atoms. The Labute approximate surface area is 253 Å². The highest BCUT2D eigenvalue weighted by atomic mass is 35.5. The number of rotatable bonds is 8. The predicted molar refractivity (Wildman–Crippen MR) is 160 cm³/mol. The van der Waals surface area contributed by atoms with Crippen molar-refractivity contribution in [3.8, 4) is 32.4 Å². The first-order valence-corrected chi connectivity index (χ1v) is 15.6. The SMILES string of the molecule is Cc1ccc(Cl)c(S(=O)(=O)Nc2cccc(-c3nc(-c4cncc(F)c4)sc3-c3ccnc(NC4CC4)n3)c2F)c1Cl. The Bertz CT molecular complexity index is 1950. The number of aromatic nitrogens is 4. The highest BCUT2D eigenvalue weighted by molar-refractivity contribution is 7.93. The molecule has 214 valence electrons. The van der Waals surface area contributed by atoms with E-state index in [4.69, 9.17) is 23.2 Å². The molecule has 0 saturated heterocycles. The van der Waals surface area contributed by atoms with Gasteiger partial charge >= 0.3 is 0 Å². The molecule has 3 heterocycles. The third-order valence-electron chi connectivity index (χ3n) is 6.39. The normalized spacial score (nSPS) is 13.3. The maximum Gasteiger partial charge on any atom is 0.264 e. The molecule has 1 fully saturated rings. The standard InChI is InChI=1S/C28H20Cl2F2N6O2S2/c1-14-5-8-19(29)26(22(14)30)42(39,40)38-20-4-2-3-18(23(20)32)24-25(21-9-10-34-28(36-21)35-17-6-7-17)41-27(37-24)15-11-16(31)13-33-12-15/h2-5,8-13,17,38H,6-7H2,1H3,(H,34,35,36). The van der Waals surface area contributed by atoms with Crippen molar-refractivity contribution in [1.29, 1.82) is 0 Å². The van der Waals surface area contributed by atoms with Crippen LogP contribution < -0.4 is 10.0 Å². The summed E-state index contributed by atoms with van der Waals surface area (Å²) in [6, 6.07) is 10.5. The quantitative estimate of drug-likeness (QED) is 0.179. The minimum atomic E-state index is -4.39. The topological polar surface area (TPSA) is 110 Å². The molecular weight excluding hydrogens is 625 g/mol. The van der Waals surface area contributed by atoms with Gasteiger partial charge in [0, 0.05) is 29.6 Å². The van der Waals surface area contributed by atoms with Crippen molar-refractivity contribution >= 4 is 56.2 Å². The van der Waals surface area contributed by atoms with Crippen LogP contribution in [0.4, 0.5) is 20.4 Å². The lowest BCUT2D eigenvalue weighted by Gasteiger charge is -2.14. The smallest absolute Gasteiger partial charge is 0.264 e. The van der Waals surface area contributed by atoms with Crippen LogP contribution in [0.3, 0.4) is 0 Å². The van der Waals surface area contributed by atoms with E-state index < -0.39 is 21.7 Å². The van der Waals surface area contributed by atoms with Gasteiger partial charge in [-0.1, -0.05) is 35.3 Å². The van der Waals surface area contributed by atoms with E-state index in [0.29, 0.717) is 38.7 Å². The molecule has 0 amide bonds. The van der Waals surface area contributed by atoms with E-state index in [9.17, 15) is 12.8 Å². The van der Waals surface area contributed by atoms with E-state index in [1.165, 1.54) is 47.9 Å². The second kappa shape index (κ2) is 11.2. The van der Waals surface area contributed by atoms with Crippen LogP contribution in [0, 0.1) is 18.6 Å². The number of nitrogens with one attached hydrogen (secondary N) is 2. The molecule has 0 unspecified atom stereocenters. The van der Waals surface area contributed by atoms with E-state index in [2.05, 4.69) is 30.0 Å². The van der Waals surface area contributed by atoms with E-state index in [-0.39, 0.29) is 31.9 Å². The van der Waals surface area contributed by atoms with Crippen molar-refractivity contribution in [3.63, 3.8) is 0 Å². The molecule has 0 atom stereocenters. The molecular formula is C28H20Cl2F2N6O2S2. The van der Waals surface area contributed by atoms with Crippen LogP contribution in [0.2, 0.25) is 10.0 Å². The average molecular weight is 646 g/mol. The summed E-state index contributed by atoms with van der Waals surface area (Å²) in [5, 5.41) is 3.43. The van der Waals surface area contributed by atoms with Gasteiger partial charge in [-0.05, 0) is 55.7 Å². The van der Waals surface area contributed by atoms with Gasteiger partial charge in [-0.15, -0.1) is 11.3 Å².